The molecule has 19 heavy (non-hydrogen) atoms. The molecule has 0 aromatic rings. The van der Waals surface area contributed by atoms with E-state index in [1.54, 1.807) is 6.92 Å². The van der Waals surface area contributed by atoms with Crippen molar-refractivity contribution >= 4 is 11.8 Å². The van der Waals surface area contributed by atoms with Crippen molar-refractivity contribution in [2.75, 3.05) is 13.1 Å². The Kier molecular flexibility index (Phi) is 6.28. The number of amides is 2. The molecule has 5 nitrogen and oxygen atoms in total. The molecule has 0 saturated heterocycles. The summed E-state index contributed by atoms with van der Waals surface area (Å²) in [6.07, 6.45) is 5.51. The van der Waals surface area contributed by atoms with Crippen LogP contribution in [0.5, 0.6) is 0 Å². The number of hydrogen-bond acceptors (Lipinski definition) is 3. The van der Waals surface area contributed by atoms with Crippen LogP contribution in [0.1, 0.15) is 52.4 Å². The molecule has 0 bridgehead atoms. The van der Waals surface area contributed by atoms with Gasteiger partial charge in [0, 0.05) is 19.0 Å². The van der Waals surface area contributed by atoms with Crippen LogP contribution in [0.15, 0.2) is 0 Å². The van der Waals surface area contributed by atoms with Gasteiger partial charge in [-0.1, -0.05) is 19.8 Å². The summed E-state index contributed by atoms with van der Waals surface area (Å²) in [4.78, 5) is 23.3. The average Bonchev–Trinajstić information content (AvgIpc) is 2.25. The quantitative estimate of drug-likeness (QED) is 0.573. The third kappa shape index (κ3) is 5.19. The van der Waals surface area contributed by atoms with E-state index in [-0.39, 0.29) is 17.7 Å². The van der Waals surface area contributed by atoms with Gasteiger partial charge in [0.25, 0.3) is 0 Å². The van der Waals surface area contributed by atoms with Gasteiger partial charge in [-0.2, -0.15) is 0 Å². The molecule has 0 heterocycles. The smallest absolute Gasteiger partial charge is 0.239 e. The normalized spacial score (nSPS) is 18.3. The van der Waals surface area contributed by atoms with Gasteiger partial charge in [0.15, 0.2) is 0 Å². The zero-order valence-electron chi connectivity index (χ0n) is 12.1. The summed E-state index contributed by atoms with van der Waals surface area (Å²) >= 11 is 0. The Morgan fingerprint density at radius 3 is 2.42 bits per heavy atom. The maximum atomic E-state index is 11.8. The molecule has 4 N–H and O–H groups in total. The number of carbonyl (C=O) groups excluding carboxylic acids is 2. The first kappa shape index (κ1) is 16.0. The lowest BCUT2D eigenvalue weighted by Gasteiger charge is -2.24. The first-order chi connectivity index (χ1) is 8.97. The molecule has 1 aliphatic carbocycles. The lowest BCUT2D eigenvalue weighted by Crippen LogP contribution is -2.51. The number of nitrogens with two attached hydrogens (primary N) is 1. The van der Waals surface area contributed by atoms with E-state index in [4.69, 9.17) is 5.73 Å². The zero-order chi connectivity index (χ0) is 14.3. The van der Waals surface area contributed by atoms with Gasteiger partial charge in [-0.3, -0.25) is 9.59 Å². The van der Waals surface area contributed by atoms with Crippen molar-refractivity contribution in [3.8, 4) is 0 Å². The van der Waals surface area contributed by atoms with Crippen LogP contribution in [0.3, 0.4) is 0 Å². The minimum absolute atomic E-state index is 0.111. The summed E-state index contributed by atoms with van der Waals surface area (Å²) in [5.41, 5.74) is 5.13. The highest BCUT2D eigenvalue weighted by atomic mass is 16.2. The highest BCUT2D eigenvalue weighted by Gasteiger charge is 2.26. The van der Waals surface area contributed by atoms with Gasteiger partial charge in [0.2, 0.25) is 11.8 Å². The summed E-state index contributed by atoms with van der Waals surface area (Å²) < 4.78 is 0. The predicted molar refractivity (Wildman–Crippen MR) is 75.5 cm³/mol. The summed E-state index contributed by atoms with van der Waals surface area (Å²) in [7, 11) is 0. The molecule has 0 radical (unpaired) electrons. The lowest BCUT2D eigenvalue weighted by molar-refractivity contribution is -0.127. The summed E-state index contributed by atoms with van der Waals surface area (Å²) in [5.74, 6) is 0.276. The number of nitrogens with one attached hydrogen (secondary N) is 2. The molecule has 2 amide bonds. The molecular weight excluding hydrogens is 242 g/mol. The van der Waals surface area contributed by atoms with Gasteiger partial charge >= 0.3 is 0 Å². The van der Waals surface area contributed by atoms with E-state index in [1.807, 2.05) is 6.92 Å². The fourth-order valence-electron chi connectivity index (χ4n) is 2.15. The molecule has 110 valence electrons. The van der Waals surface area contributed by atoms with E-state index in [1.165, 1.54) is 6.42 Å². The third-order valence-electron chi connectivity index (χ3n) is 3.70. The van der Waals surface area contributed by atoms with Crippen LogP contribution in [0.4, 0.5) is 0 Å². The van der Waals surface area contributed by atoms with Gasteiger partial charge in [0.1, 0.15) is 0 Å². The van der Waals surface area contributed by atoms with Crippen molar-refractivity contribution in [2.45, 2.75) is 57.9 Å². The van der Waals surface area contributed by atoms with Crippen LogP contribution >= 0.6 is 0 Å². The second kappa shape index (κ2) is 7.48. The van der Waals surface area contributed by atoms with Gasteiger partial charge in [-0.15, -0.1) is 0 Å². The largest absolute Gasteiger partial charge is 0.356 e. The van der Waals surface area contributed by atoms with Crippen LogP contribution in [0, 0.1) is 5.92 Å². The molecule has 5 heteroatoms. The van der Waals surface area contributed by atoms with E-state index in [0.717, 1.165) is 25.7 Å². The summed E-state index contributed by atoms with van der Waals surface area (Å²) in [6.45, 7) is 4.93. The molecule has 1 saturated carbocycles. The van der Waals surface area contributed by atoms with Gasteiger partial charge in [0.05, 0.1) is 5.54 Å². The van der Waals surface area contributed by atoms with Crippen molar-refractivity contribution in [2.24, 2.45) is 11.7 Å². The van der Waals surface area contributed by atoms with Gasteiger partial charge < -0.3 is 16.4 Å². The predicted octanol–water partition coefficient (Wildman–Crippen LogP) is 0.927. The van der Waals surface area contributed by atoms with Crippen LogP contribution in [0.25, 0.3) is 0 Å². The standard InChI is InChI=1S/C14H27N3O2/c1-3-8-14(2,15)13(19)17-10-5-9-16-12(18)11-6-4-7-11/h11H,3-10,15H2,1-2H3,(H,16,18)(H,17,19). The molecule has 0 aliphatic heterocycles. The van der Waals surface area contributed by atoms with Crippen LogP contribution < -0.4 is 16.4 Å². The monoisotopic (exact) mass is 269 g/mol. The maximum Gasteiger partial charge on any atom is 0.239 e. The highest BCUT2D eigenvalue weighted by Crippen LogP contribution is 2.25. The Morgan fingerprint density at radius 1 is 1.26 bits per heavy atom. The lowest BCUT2D eigenvalue weighted by atomic mass is 9.85. The molecule has 1 rings (SSSR count). The molecule has 0 aromatic heterocycles. The highest BCUT2D eigenvalue weighted by molar-refractivity contribution is 5.85. The number of carbonyl (C=O) groups is 2. The zero-order valence-corrected chi connectivity index (χ0v) is 12.1. The molecule has 1 unspecified atom stereocenters. The second-order valence-corrected chi connectivity index (χ2v) is 5.70. The van der Waals surface area contributed by atoms with E-state index >= 15 is 0 Å². The molecular formula is C14H27N3O2. The third-order valence-corrected chi connectivity index (χ3v) is 3.70. The summed E-state index contributed by atoms with van der Waals surface area (Å²) in [5, 5.41) is 5.72. The fraction of sp³-hybridized carbons (Fsp3) is 0.857. The van der Waals surface area contributed by atoms with Gasteiger partial charge in [-0.05, 0) is 32.6 Å². The molecule has 1 aliphatic rings. The van der Waals surface area contributed by atoms with E-state index in [0.29, 0.717) is 19.5 Å². The maximum absolute atomic E-state index is 11.8. The minimum Gasteiger partial charge on any atom is -0.356 e. The van der Waals surface area contributed by atoms with Crippen molar-refractivity contribution < 1.29 is 9.59 Å². The molecule has 1 fully saturated rings. The van der Waals surface area contributed by atoms with E-state index < -0.39 is 5.54 Å². The molecule has 1 atom stereocenters. The van der Waals surface area contributed by atoms with Crippen molar-refractivity contribution in [3.05, 3.63) is 0 Å². The van der Waals surface area contributed by atoms with Crippen molar-refractivity contribution in [1.82, 2.24) is 10.6 Å². The van der Waals surface area contributed by atoms with Crippen molar-refractivity contribution in [3.63, 3.8) is 0 Å². The Balaban J connectivity index is 2.06. The molecule has 0 spiro atoms. The number of rotatable bonds is 8. The minimum atomic E-state index is -0.788. The second-order valence-electron chi connectivity index (χ2n) is 5.70. The first-order valence-corrected chi connectivity index (χ1v) is 7.32. The Bertz CT molecular complexity index is 312. The van der Waals surface area contributed by atoms with E-state index in [2.05, 4.69) is 10.6 Å². The topological polar surface area (TPSA) is 84.2 Å². The van der Waals surface area contributed by atoms with Crippen LogP contribution in [-0.2, 0) is 9.59 Å². The number of hydrogen-bond donors (Lipinski definition) is 3. The Hall–Kier alpha value is -1.10. The van der Waals surface area contributed by atoms with Crippen molar-refractivity contribution in [1.29, 1.82) is 0 Å². The Labute approximate surface area is 115 Å². The summed E-state index contributed by atoms with van der Waals surface area (Å²) in [6, 6.07) is 0. The van der Waals surface area contributed by atoms with E-state index in [9.17, 15) is 9.59 Å². The fourth-order valence-corrected chi connectivity index (χ4v) is 2.15. The van der Waals surface area contributed by atoms with Crippen LogP contribution in [0.2, 0.25) is 0 Å². The SMILES string of the molecule is CCCC(C)(N)C(=O)NCCCNC(=O)C1CCC1. The van der Waals surface area contributed by atoms with Gasteiger partial charge in [-0.25, -0.2) is 0 Å². The Morgan fingerprint density at radius 2 is 1.89 bits per heavy atom. The average molecular weight is 269 g/mol. The van der Waals surface area contributed by atoms with Crippen LogP contribution in [-0.4, -0.2) is 30.4 Å². The molecule has 0 aromatic carbocycles. The first-order valence-electron chi connectivity index (χ1n) is 7.32.